The van der Waals surface area contributed by atoms with Crippen LogP contribution in [0.15, 0.2) is 18.2 Å². The van der Waals surface area contributed by atoms with Crippen molar-refractivity contribution in [3.05, 3.63) is 34.9 Å². The summed E-state index contributed by atoms with van der Waals surface area (Å²) in [5.41, 5.74) is 1.13. The molecule has 1 aromatic carbocycles. The van der Waals surface area contributed by atoms with E-state index in [0.717, 1.165) is 0 Å². The van der Waals surface area contributed by atoms with Crippen molar-refractivity contribution in [2.75, 3.05) is 7.11 Å². The van der Waals surface area contributed by atoms with Gasteiger partial charge in [-0.05, 0) is 31.4 Å². The number of allylic oxidation sites excluding steroid dienone is 1. The van der Waals surface area contributed by atoms with Crippen LogP contribution in [-0.4, -0.2) is 24.8 Å². The SMILES string of the molecule is C#Cc1ccc(OC)c(C(=O)NC(C(C)=O)C(C)(C)C)c1/C=C\C. The zero-order valence-electron chi connectivity index (χ0n) is 15.2. The summed E-state index contributed by atoms with van der Waals surface area (Å²) < 4.78 is 5.33. The first-order chi connectivity index (χ1) is 11.2. The van der Waals surface area contributed by atoms with E-state index < -0.39 is 11.5 Å². The summed E-state index contributed by atoms with van der Waals surface area (Å²) in [5, 5.41) is 2.83. The van der Waals surface area contributed by atoms with E-state index in [9.17, 15) is 9.59 Å². The van der Waals surface area contributed by atoms with Crippen molar-refractivity contribution in [2.24, 2.45) is 5.41 Å². The molecule has 0 fully saturated rings. The van der Waals surface area contributed by atoms with Crippen LogP contribution < -0.4 is 10.1 Å². The first-order valence-electron chi connectivity index (χ1n) is 7.79. The highest BCUT2D eigenvalue weighted by atomic mass is 16.5. The molecule has 1 unspecified atom stereocenters. The molecule has 0 spiro atoms. The largest absolute Gasteiger partial charge is 0.496 e. The first-order valence-corrected chi connectivity index (χ1v) is 7.79. The summed E-state index contributed by atoms with van der Waals surface area (Å²) in [4.78, 5) is 24.9. The Balaban J connectivity index is 3.46. The number of Topliss-reactive ketones (excluding diaryl/α,β-unsaturated/α-hetero) is 1. The van der Waals surface area contributed by atoms with Crippen LogP contribution in [0.4, 0.5) is 0 Å². The molecule has 0 saturated carbocycles. The third-order valence-corrected chi connectivity index (χ3v) is 3.69. The van der Waals surface area contributed by atoms with E-state index in [1.54, 1.807) is 24.3 Å². The summed E-state index contributed by atoms with van der Waals surface area (Å²) in [6, 6.07) is 2.79. The molecule has 0 aliphatic heterocycles. The zero-order valence-corrected chi connectivity index (χ0v) is 15.2. The Labute approximate surface area is 144 Å². The predicted molar refractivity (Wildman–Crippen MR) is 97.0 cm³/mol. The van der Waals surface area contributed by atoms with Crippen molar-refractivity contribution in [1.29, 1.82) is 0 Å². The number of benzene rings is 1. The standard InChI is InChI=1S/C20H25NO3/c1-8-10-15-14(9-2)11-12-16(24-7)17(15)19(23)21-18(13(3)22)20(4,5)6/h2,8,10-12,18H,1,3-7H3,(H,21,23)/b10-8-. The van der Waals surface area contributed by atoms with Gasteiger partial charge in [0.05, 0.1) is 18.7 Å². The summed E-state index contributed by atoms with van der Waals surface area (Å²) >= 11 is 0. The number of terminal acetylenes is 1. The van der Waals surface area contributed by atoms with Crippen LogP contribution in [0.5, 0.6) is 5.75 Å². The molecule has 0 saturated heterocycles. The number of carbonyl (C=O) groups is 2. The van der Waals surface area contributed by atoms with Gasteiger partial charge in [0.15, 0.2) is 5.78 Å². The van der Waals surface area contributed by atoms with Gasteiger partial charge in [-0.25, -0.2) is 0 Å². The lowest BCUT2D eigenvalue weighted by Gasteiger charge is -2.29. The molecule has 24 heavy (non-hydrogen) atoms. The average Bonchev–Trinajstić information content (AvgIpc) is 2.50. The fourth-order valence-electron chi connectivity index (χ4n) is 2.60. The second-order valence-electron chi connectivity index (χ2n) is 6.63. The van der Waals surface area contributed by atoms with E-state index in [-0.39, 0.29) is 11.7 Å². The van der Waals surface area contributed by atoms with Crippen molar-refractivity contribution in [3.8, 4) is 18.1 Å². The van der Waals surface area contributed by atoms with Crippen molar-refractivity contribution in [1.82, 2.24) is 5.32 Å². The number of methoxy groups -OCH3 is 1. The zero-order chi connectivity index (χ0) is 18.5. The molecular formula is C20H25NO3. The lowest BCUT2D eigenvalue weighted by atomic mass is 9.84. The Hall–Kier alpha value is -2.54. The number of ketones is 1. The summed E-state index contributed by atoms with van der Waals surface area (Å²) in [7, 11) is 1.49. The molecule has 4 heteroatoms. The van der Waals surface area contributed by atoms with E-state index in [1.807, 2.05) is 27.7 Å². The highest BCUT2D eigenvalue weighted by molar-refractivity contribution is 6.03. The van der Waals surface area contributed by atoms with Gasteiger partial charge in [-0.1, -0.05) is 38.8 Å². The van der Waals surface area contributed by atoms with Crippen LogP contribution in [0.25, 0.3) is 6.08 Å². The van der Waals surface area contributed by atoms with Gasteiger partial charge in [0, 0.05) is 11.1 Å². The lowest BCUT2D eigenvalue weighted by molar-refractivity contribution is -0.121. The number of rotatable bonds is 5. The average molecular weight is 327 g/mol. The third-order valence-electron chi connectivity index (χ3n) is 3.69. The van der Waals surface area contributed by atoms with Gasteiger partial charge in [0.1, 0.15) is 5.75 Å². The summed E-state index contributed by atoms with van der Waals surface area (Å²) in [6.07, 6.45) is 9.12. The van der Waals surface area contributed by atoms with Crippen LogP contribution in [0.3, 0.4) is 0 Å². The molecule has 0 aliphatic rings. The van der Waals surface area contributed by atoms with Gasteiger partial charge in [-0.15, -0.1) is 6.42 Å². The van der Waals surface area contributed by atoms with Gasteiger partial charge >= 0.3 is 0 Å². The maximum Gasteiger partial charge on any atom is 0.256 e. The summed E-state index contributed by atoms with van der Waals surface area (Å²) in [6.45, 7) is 9.02. The van der Waals surface area contributed by atoms with Crippen molar-refractivity contribution >= 4 is 17.8 Å². The summed E-state index contributed by atoms with van der Waals surface area (Å²) in [5.74, 6) is 2.51. The maximum absolute atomic E-state index is 12.9. The van der Waals surface area contributed by atoms with Crippen LogP contribution in [0.2, 0.25) is 0 Å². The minimum absolute atomic E-state index is 0.101. The molecule has 0 aromatic heterocycles. The van der Waals surface area contributed by atoms with Crippen molar-refractivity contribution in [2.45, 2.75) is 40.7 Å². The molecule has 1 atom stereocenters. The van der Waals surface area contributed by atoms with E-state index in [4.69, 9.17) is 11.2 Å². The lowest BCUT2D eigenvalue weighted by Crippen LogP contribution is -2.48. The van der Waals surface area contributed by atoms with Crippen LogP contribution in [-0.2, 0) is 4.79 Å². The van der Waals surface area contributed by atoms with E-state index in [2.05, 4.69) is 11.2 Å². The third kappa shape index (κ3) is 4.26. The molecule has 1 N–H and O–H groups in total. The van der Waals surface area contributed by atoms with Crippen LogP contribution in [0, 0.1) is 17.8 Å². The fourth-order valence-corrected chi connectivity index (χ4v) is 2.60. The Kier molecular flexibility index (Phi) is 6.36. The number of hydrogen-bond acceptors (Lipinski definition) is 3. The Morgan fingerprint density at radius 3 is 2.38 bits per heavy atom. The Bertz CT molecular complexity index is 703. The molecule has 4 nitrogen and oxygen atoms in total. The minimum Gasteiger partial charge on any atom is -0.496 e. The molecule has 0 bridgehead atoms. The smallest absolute Gasteiger partial charge is 0.256 e. The van der Waals surface area contributed by atoms with Crippen LogP contribution >= 0.6 is 0 Å². The Morgan fingerprint density at radius 1 is 1.33 bits per heavy atom. The highest BCUT2D eigenvalue weighted by Crippen LogP contribution is 2.28. The van der Waals surface area contributed by atoms with Gasteiger partial charge in [0.25, 0.3) is 5.91 Å². The second kappa shape index (κ2) is 7.83. The van der Waals surface area contributed by atoms with Crippen LogP contribution in [0.1, 0.15) is 56.1 Å². The number of nitrogens with one attached hydrogen (secondary N) is 1. The first kappa shape index (κ1) is 19.5. The predicted octanol–water partition coefficient (Wildman–Crippen LogP) is 3.44. The monoisotopic (exact) mass is 327 g/mol. The molecule has 1 rings (SSSR count). The van der Waals surface area contributed by atoms with Gasteiger partial charge < -0.3 is 10.1 Å². The maximum atomic E-state index is 12.9. The van der Waals surface area contributed by atoms with Crippen molar-refractivity contribution < 1.29 is 14.3 Å². The van der Waals surface area contributed by atoms with E-state index in [0.29, 0.717) is 22.4 Å². The quantitative estimate of drug-likeness (QED) is 0.843. The van der Waals surface area contributed by atoms with Gasteiger partial charge in [0.2, 0.25) is 0 Å². The number of ether oxygens (including phenoxy) is 1. The minimum atomic E-state index is -0.609. The normalized spacial score (nSPS) is 12.5. The highest BCUT2D eigenvalue weighted by Gasteiger charge is 2.31. The molecule has 1 amide bonds. The van der Waals surface area contributed by atoms with Gasteiger partial charge in [-0.3, -0.25) is 9.59 Å². The molecule has 1 aromatic rings. The molecular weight excluding hydrogens is 302 g/mol. The number of hydrogen-bond donors (Lipinski definition) is 1. The van der Waals surface area contributed by atoms with E-state index in [1.165, 1.54) is 14.0 Å². The van der Waals surface area contributed by atoms with E-state index >= 15 is 0 Å². The van der Waals surface area contributed by atoms with Crippen molar-refractivity contribution in [3.63, 3.8) is 0 Å². The molecule has 0 radical (unpaired) electrons. The molecule has 128 valence electrons. The number of carbonyl (C=O) groups excluding carboxylic acids is 2. The molecule has 0 heterocycles. The topological polar surface area (TPSA) is 55.4 Å². The molecule has 0 aliphatic carbocycles. The fraction of sp³-hybridized carbons (Fsp3) is 0.400. The number of amides is 1. The van der Waals surface area contributed by atoms with Gasteiger partial charge in [-0.2, -0.15) is 0 Å². The second-order valence-corrected chi connectivity index (χ2v) is 6.63. The Morgan fingerprint density at radius 2 is 1.96 bits per heavy atom.